The minimum absolute atomic E-state index is 0.0370. The minimum Gasteiger partial charge on any atom is -0.433 e. The Hall–Kier alpha value is -0.130. The summed E-state index contributed by atoms with van der Waals surface area (Å²) in [5.41, 5.74) is 0. The number of carbonyl (C=O) groups is 1. The molecule has 0 amide bonds. The third-order valence-electron chi connectivity index (χ3n) is 2.83. The van der Waals surface area contributed by atoms with Crippen molar-refractivity contribution in [3.63, 3.8) is 0 Å². The van der Waals surface area contributed by atoms with Crippen LogP contribution in [0, 0.1) is 0 Å². The molecule has 2 saturated heterocycles. The van der Waals surface area contributed by atoms with Crippen LogP contribution in [0.4, 0.5) is 0 Å². The molecule has 14 heavy (non-hydrogen) atoms. The van der Waals surface area contributed by atoms with Crippen molar-refractivity contribution in [1.29, 1.82) is 0 Å². The smallest absolute Gasteiger partial charge is 0.323 e. The van der Waals surface area contributed by atoms with Gasteiger partial charge in [0.05, 0.1) is 6.04 Å². The lowest BCUT2D eigenvalue weighted by molar-refractivity contribution is -0.162. The van der Waals surface area contributed by atoms with E-state index < -0.39 is 6.29 Å². The van der Waals surface area contributed by atoms with Gasteiger partial charge in [-0.05, 0) is 25.9 Å². The fourth-order valence-corrected chi connectivity index (χ4v) is 2.80. The zero-order valence-electron chi connectivity index (χ0n) is 8.11. The Morgan fingerprint density at radius 1 is 1.50 bits per heavy atom. The van der Waals surface area contributed by atoms with E-state index >= 15 is 0 Å². The van der Waals surface area contributed by atoms with Crippen molar-refractivity contribution in [2.45, 2.75) is 30.0 Å². The second-order valence-electron chi connectivity index (χ2n) is 3.68. The van der Waals surface area contributed by atoms with Crippen LogP contribution in [0.2, 0.25) is 0 Å². The summed E-state index contributed by atoms with van der Waals surface area (Å²) in [5, 5.41) is 0. The summed E-state index contributed by atoms with van der Waals surface area (Å²) < 4.78 is 10.3. The first-order chi connectivity index (χ1) is 6.74. The average Bonchev–Trinajstić information content (AvgIpc) is 2.76. The highest BCUT2D eigenvalue weighted by Gasteiger charge is 2.47. The molecule has 0 bridgehead atoms. The van der Waals surface area contributed by atoms with Gasteiger partial charge in [0, 0.05) is 7.11 Å². The number of alkyl halides is 1. The third kappa shape index (κ3) is 1.68. The first-order valence-corrected chi connectivity index (χ1v) is 5.77. The largest absolute Gasteiger partial charge is 0.433 e. The number of nitrogens with zero attached hydrogens (tertiary/aromatic N) is 1. The molecule has 0 aromatic heterocycles. The molecule has 0 radical (unpaired) electrons. The maximum Gasteiger partial charge on any atom is 0.323 e. The number of cyclic esters (lactones) is 1. The molecule has 80 valence electrons. The molecule has 2 rings (SSSR count). The van der Waals surface area contributed by atoms with Gasteiger partial charge in [0.15, 0.2) is 0 Å². The van der Waals surface area contributed by atoms with Gasteiger partial charge in [0.25, 0.3) is 0 Å². The number of rotatable bonds is 2. The minimum atomic E-state index is -0.412. The van der Waals surface area contributed by atoms with Crippen LogP contribution in [0.5, 0.6) is 0 Å². The molecule has 0 aromatic rings. The highest BCUT2D eigenvalue weighted by atomic mass is 79.9. The first kappa shape index (κ1) is 10.4. The number of likely N-dealkylation sites (tertiary alicyclic amines) is 1. The first-order valence-electron chi connectivity index (χ1n) is 4.85. The van der Waals surface area contributed by atoms with E-state index in [0.717, 1.165) is 13.1 Å². The van der Waals surface area contributed by atoms with Crippen molar-refractivity contribution >= 4 is 21.9 Å². The van der Waals surface area contributed by atoms with E-state index in [9.17, 15) is 4.79 Å². The molecular weight excluding hydrogens is 250 g/mol. The molecule has 0 saturated carbocycles. The van der Waals surface area contributed by atoms with Gasteiger partial charge < -0.3 is 9.47 Å². The Morgan fingerprint density at radius 3 is 2.71 bits per heavy atom. The summed E-state index contributed by atoms with van der Waals surface area (Å²) >= 11 is 3.37. The van der Waals surface area contributed by atoms with Crippen LogP contribution >= 0.6 is 15.9 Å². The second kappa shape index (κ2) is 4.16. The molecule has 2 heterocycles. The molecule has 2 aliphatic rings. The van der Waals surface area contributed by atoms with Crippen molar-refractivity contribution in [1.82, 2.24) is 4.90 Å². The summed E-state index contributed by atoms with van der Waals surface area (Å²) in [6.07, 6.45) is 1.98. The summed E-state index contributed by atoms with van der Waals surface area (Å²) in [4.78, 5) is 13.4. The lowest BCUT2D eigenvalue weighted by Crippen LogP contribution is -2.44. The second-order valence-corrected chi connectivity index (χ2v) is 4.66. The Labute approximate surface area is 91.7 Å². The Morgan fingerprint density at radius 2 is 2.14 bits per heavy atom. The van der Waals surface area contributed by atoms with E-state index in [-0.39, 0.29) is 16.8 Å². The Bertz CT molecular complexity index is 230. The predicted molar refractivity (Wildman–Crippen MR) is 54.2 cm³/mol. The number of methoxy groups -OCH3 is 1. The van der Waals surface area contributed by atoms with E-state index in [4.69, 9.17) is 9.47 Å². The van der Waals surface area contributed by atoms with E-state index in [1.807, 2.05) is 0 Å². The Kier molecular flexibility index (Phi) is 3.09. The molecule has 5 heteroatoms. The summed E-state index contributed by atoms with van der Waals surface area (Å²) in [7, 11) is 1.58. The van der Waals surface area contributed by atoms with Crippen molar-refractivity contribution in [2.24, 2.45) is 0 Å². The van der Waals surface area contributed by atoms with Crippen molar-refractivity contribution in [2.75, 3.05) is 20.2 Å². The van der Waals surface area contributed by atoms with Crippen LogP contribution in [0.25, 0.3) is 0 Å². The molecule has 3 atom stereocenters. The molecule has 2 aliphatic heterocycles. The molecule has 0 spiro atoms. The summed E-state index contributed by atoms with van der Waals surface area (Å²) in [6.45, 7) is 2.06. The van der Waals surface area contributed by atoms with Gasteiger partial charge in [-0.25, -0.2) is 0 Å². The lowest BCUT2D eigenvalue weighted by atomic mass is 10.2. The molecule has 0 aromatic carbocycles. The zero-order valence-corrected chi connectivity index (χ0v) is 9.70. The lowest BCUT2D eigenvalue weighted by Gasteiger charge is -2.26. The summed E-state index contributed by atoms with van der Waals surface area (Å²) in [6, 6.07) is 0.0370. The van der Waals surface area contributed by atoms with Gasteiger partial charge in [-0.1, -0.05) is 15.9 Å². The van der Waals surface area contributed by atoms with Crippen LogP contribution in [0.15, 0.2) is 0 Å². The van der Waals surface area contributed by atoms with Crippen LogP contribution in [-0.2, 0) is 14.3 Å². The topological polar surface area (TPSA) is 38.8 Å². The van der Waals surface area contributed by atoms with Crippen LogP contribution in [-0.4, -0.2) is 48.2 Å². The quantitative estimate of drug-likeness (QED) is 0.545. The maximum absolute atomic E-state index is 11.3. The highest BCUT2D eigenvalue weighted by molar-refractivity contribution is 9.10. The van der Waals surface area contributed by atoms with E-state index in [1.54, 1.807) is 7.11 Å². The third-order valence-corrected chi connectivity index (χ3v) is 3.75. The van der Waals surface area contributed by atoms with E-state index in [2.05, 4.69) is 20.8 Å². The average molecular weight is 264 g/mol. The normalized spacial score (nSPS) is 39.0. The fourth-order valence-electron chi connectivity index (χ4n) is 2.11. The fraction of sp³-hybridized carbons (Fsp3) is 0.889. The van der Waals surface area contributed by atoms with Gasteiger partial charge in [-0.2, -0.15) is 0 Å². The van der Waals surface area contributed by atoms with Gasteiger partial charge in [-0.3, -0.25) is 9.69 Å². The molecule has 3 unspecified atom stereocenters. The molecule has 4 nitrogen and oxygen atoms in total. The highest BCUT2D eigenvalue weighted by Crippen LogP contribution is 2.29. The van der Waals surface area contributed by atoms with Crippen LogP contribution < -0.4 is 0 Å². The van der Waals surface area contributed by atoms with Crippen LogP contribution in [0.3, 0.4) is 0 Å². The number of halogens is 1. The Balaban J connectivity index is 2.09. The van der Waals surface area contributed by atoms with Gasteiger partial charge in [-0.15, -0.1) is 0 Å². The van der Waals surface area contributed by atoms with Gasteiger partial charge in [0.2, 0.25) is 6.29 Å². The number of hydrogen-bond acceptors (Lipinski definition) is 4. The summed E-state index contributed by atoms with van der Waals surface area (Å²) in [5.74, 6) is -0.214. The van der Waals surface area contributed by atoms with E-state index in [1.165, 1.54) is 12.8 Å². The number of carbonyl (C=O) groups excluding carboxylic acids is 1. The molecule has 0 aliphatic carbocycles. The van der Waals surface area contributed by atoms with Crippen LogP contribution in [0.1, 0.15) is 12.8 Å². The predicted octanol–water partition coefficient (Wildman–Crippen LogP) is 0.744. The SMILES string of the molecule is COC1OC(=O)C(Br)C1N1CCCC1. The maximum atomic E-state index is 11.3. The van der Waals surface area contributed by atoms with Gasteiger partial charge in [0.1, 0.15) is 4.83 Å². The van der Waals surface area contributed by atoms with Crippen molar-refractivity contribution in [3.8, 4) is 0 Å². The zero-order chi connectivity index (χ0) is 10.1. The van der Waals surface area contributed by atoms with Crippen molar-refractivity contribution in [3.05, 3.63) is 0 Å². The van der Waals surface area contributed by atoms with E-state index in [0.29, 0.717) is 0 Å². The van der Waals surface area contributed by atoms with Crippen molar-refractivity contribution < 1.29 is 14.3 Å². The monoisotopic (exact) mass is 263 g/mol. The number of ether oxygens (including phenoxy) is 2. The standard InChI is InChI=1S/C9H14BrNO3/c1-13-9-7(6(10)8(12)14-9)11-4-2-3-5-11/h6-7,9H,2-5H2,1H3. The van der Waals surface area contributed by atoms with Gasteiger partial charge >= 0.3 is 5.97 Å². The number of hydrogen-bond donors (Lipinski definition) is 0. The molecule has 2 fully saturated rings. The molecule has 0 N–H and O–H groups in total. The molecular formula is C9H14BrNO3. The number of esters is 1.